The quantitative estimate of drug-likeness (QED) is 0.625. The smallest absolute Gasteiger partial charge is 0.222 e. The maximum Gasteiger partial charge on any atom is 0.222 e. The molecule has 1 aliphatic carbocycles. The van der Waals surface area contributed by atoms with Gasteiger partial charge in [0.05, 0.1) is 0 Å². The largest absolute Gasteiger partial charge is 0.342 e. The third-order valence-electron chi connectivity index (χ3n) is 4.06. The number of amides is 1. The first-order chi connectivity index (χ1) is 9.21. The molecule has 1 aliphatic rings. The molecule has 2 N–H and O–H groups in total. The lowest BCUT2D eigenvalue weighted by Gasteiger charge is -2.23. The van der Waals surface area contributed by atoms with Gasteiger partial charge in [-0.05, 0) is 50.5 Å². The number of hydrogen-bond acceptors (Lipinski definition) is 2. The molecule has 0 aromatic carbocycles. The highest BCUT2D eigenvalue weighted by molar-refractivity contribution is 5.76. The van der Waals surface area contributed by atoms with Crippen LogP contribution in [-0.2, 0) is 4.79 Å². The van der Waals surface area contributed by atoms with Crippen LogP contribution in [0.3, 0.4) is 0 Å². The minimum atomic E-state index is 0.367. The molecule has 1 rings (SSSR count). The molecule has 1 amide bonds. The number of carbonyl (C=O) groups excluding carboxylic acids is 1. The molecular weight excluding hydrogens is 236 g/mol. The van der Waals surface area contributed by atoms with Gasteiger partial charge < -0.3 is 10.6 Å². The molecular formula is C16H32N2O. The molecule has 0 radical (unpaired) electrons. The van der Waals surface area contributed by atoms with Crippen molar-refractivity contribution in [1.29, 1.82) is 0 Å². The first-order valence-electron chi connectivity index (χ1n) is 8.19. The van der Waals surface area contributed by atoms with Gasteiger partial charge in [-0.15, -0.1) is 0 Å². The SMILES string of the molecule is CCCC(CCN)CCC(=O)N(CCC)CC1CC1. The van der Waals surface area contributed by atoms with Crippen molar-refractivity contribution >= 4 is 5.91 Å². The summed E-state index contributed by atoms with van der Waals surface area (Å²) in [4.78, 5) is 14.4. The van der Waals surface area contributed by atoms with Gasteiger partial charge in [0.25, 0.3) is 0 Å². The molecule has 1 fully saturated rings. The Morgan fingerprint density at radius 3 is 2.47 bits per heavy atom. The van der Waals surface area contributed by atoms with E-state index in [-0.39, 0.29) is 0 Å². The summed E-state index contributed by atoms with van der Waals surface area (Å²) < 4.78 is 0. The van der Waals surface area contributed by atoms with Crippen molar-refractivity contribution in [1.82, 2.24) is 4.90 Å². The van der Waals surface area contributed by atoms with Gasteiger partial charge in [-0.2, -0.15) is 0 Å². The molecule has 0 saturated heterocycles. The van der Waals surface area contributed by atoms with Gasteiger partial charge in [0, 0.05) is 19.5 Å². The van der Waals surface area contributed by atoms with Crippen molar-refractivity contribution in [3.8, 4) is 0 Å². The fourth-order valence-electron chi connectivity index (χ4n) is 2.76. The summed E-state index contributed by atoms with van der Waals surface area (Å²) in [6.45, 7) is 7.05. The van der Waals surface area contributed by atoms with E-state index in [2.05, 4.69) is 18.7 Å². The normalized spacial score (nSPS) is 16.4. The second-order valence-corrected chi connectivity index (χ2v) is 6.05. The van der Waals surface area contributed by atoms with E-state index in [4.69, 9.17) is 5.73 Å². The Bertz CT molecular complexity index is 245. The topological polar surface area (TPSA) is 46.3 Å². The van der Waals surface area contributed by atoms with E-state index in [1.54, 1.807) is 0 Å². The van der Waals surface area contributed by atoms with Crippen molar-refractivity contribution in [2.24, 2.45) is 17.6 Å². The minimum absolute atomic E-state index is 0.367. The summed E-state index contributed by atoms with van der Waals surface area (Å²) in [6.07, 6.45) is 8.92. The molecule has 0 aromatic rings. The van der Waals surface area contributed by atoms with Crippen LogP contribution in [0.15, 0.2) is 0 Å². The van der Waals surface area contributed by atoms with E-state index >= 15 is 0 Å². The lowest BCUT2D eigenvalue weighted by molar-refractivity contribution is -0.131. The Morgan fingerprint density at radius 2 is 1.95 bits per heavy atom. The number of nitrogens with two attached hydrogens (primary N) is 1. The van der Waals surface area contributed by atoms with Crippen molar-refractivity contribution in [2.45, 2.75) is 65.2 Å². The molecule has 0 spiro atoms. The molecule has 1 saturated carbocycles. The monoisotopic (exact) mass is 268 g/mol. The van der Waals surface area contributed by atoms with E-state index in [0.29, 0.717) is 11.8 Å². The zero-order valence-corrected chi connectivity index (χ0v) is 12.9. The molecule has 112 valence electrons. The Labute approximate surface area is 118 Å². The van der Waals surface area contributed by atoms with Crippen LogP contribution in [0.1, 0.15) is 65.2 Å². The van der Waals surface area contributed by atoms with Gasteiger partial charge in [0.15, 0.2) is 0 Å². The van der Waals surface area contributed by atoms with Gasteiger partial charge in [-0.25, -0.2) is 0 Å². The molecule has 0 bridgehead atoms. The van der Waals surface area contributed by atoms with E-state index < -0.39 is 0 Å². The average molecular weight is 268 g/mol. The third kappa shape index (κ3) is 6.95. The highest BCUT2D eigenvalue weighted by Crippen LogP contribution is 2.30. The van der Waals surface area contributed by atoms with Crippen LogP contribution < -0.4 is 5.73 Å². The van der Waals surface area contributed by atoms with E-state index in [0.717, 1.165) is 51.2 Å². The zero-order chi connectivity index (χ0) is 14.1. The maximum atomic E-state index is 12.3. The van der Waals surface area contributed by atoms with Gasteiger partial charge in [0.2, 0.25) is 5.91 Å². The van der Waals surface area contributed by atoms with Gasteiger partial charge in [0.1, 0.15) is 0 Å². The van der Waals surface area contributed by atoms with Crippen molar-refractivity contribution in [3.63, 3.8) is 0 Å². The summed E-state index contributed by atoms with van der Waals surface area (Å²) in [7, 11) is 0. The summed E-state index contributed by atoms with van der Waals surface area (Å²) in [6, 6.07) is 0. The lowest BCUT2D eigenvalue weighted by atomic mass is 9.94. The molecule has 1 atom stereocenters. The summed E-state index contributed by atoms with van der Waals surface area (Å²) in [5, 5.41) is 0. The van der Waals surface area contributed by atoms with Crippen LogP contribution in [-0.4, -0.2) is 30.4 Å². The average Bonchev–Trinajstić information content (AvgIpc) is 3.19. The number of nitrogens with zero attached hydrogens (tertiary/aromatic N) is 1. The first-order valence-corrected chi connectivity index (χ1v) is 8.19. The summed E-state index contributed by atoms with van der Waals surface area (Å²) >= 11 is 0. The zero-order valence-electron chi connectivity index (χ0n) is 12.9. The Kier molecular flexibility index (Phi) is 8.11. The third-order valence-corrected chi connectivity index (χ3v) is 4.06. The predicted molar refractivity (Wildman–Crippen MR) is 80.9 cm³/mol. The number of carbonyl (C=O) groups is 1. The molecule has 0 aliphatic heterocycles. The molecule has 0 heterocycles. The maximum absolute atomic E-state index is 12.3. The number of rotatable bonds is 11. The van der Waals surface area contributed by atoms with Gasteiger partial charge in [-0.1, -0.05) is 26.7 Å². The van der Waals surface area contributed by atoms with Gasteiger partial charge >= 0.3 is 0 Å². The van der Waals surface area contributed by atoms with Crippen LogP contribution in [0.2, 0.25) is 0 Å². The van der Waals surface area contributed by atoms with Crippen LogP contribution in [0.4, 0.5) is 0 Å². The summed E-state index contributed by atoms with van der Waals surface area (Å²) in [5.41, 5.74) is 5.65. The van der Waals surface area contributed by atoms with Crippen molar-refractivity contribution < 1.29 is 4.79 Å². The van der Waals surface area contributed by atoms with Crippen molar-refractivity contribution in [2.75, 3.05) is 19.6 Å². The van der Waals surface area contributed by atoms with Crippen molar-refractivity contribution in [3.05, 3.63) is 0 Å². The van der Waals surface area contributed by atoms with E-state index in [1.165, 1.54) is 25.7 Å². The Balaban J connectivity index is 2.31. The molecule has 19 heavy (non-hydrogen) atoms. The molecule has 3 heteroatoms. The lowest BCUT2D eigenvalue weighted by Crippen LogP contribution is -2.33. The van der Waals surface area contributed by atoms with E-state index in [9.17, 15) is 4.79 Å². The predicted octanol–water partition coefficient (Wildman–Crippen LogP) is 3.18. The first kappa shape index (κ1) is 16.5. The summed E-state index contributed by atoms with van der Waals surface area (Å²) in [5.74, 6) is 1.81. The molecule has 3 nitrogen and oxygen atoms in total. The molecule has 1 unspecified atom stereocenters. The van der Waals surface area contributed by atoms with E-state index in [1.807, 2.05) is 0 Å². The van der Waals surface area contributed by atoms with Crippen LogP contribution in [0, 0.1) is 11.8 Å². The minimum Gasteiger partial charge on any atom is -0.342 e. The Morgan fingerprint density at radius 1 is 1.21 bits per heavy atom. The van der Waals surface area contributed by atoms with Crippen LogP contribution >= 0.6 is 0 Å². The fraction of sp³-hybridized carbons (Fsp3) is 0.938. The van der Waals surface area contributed by atoms with Crippen LogP contribution in [0.25, 0.3) is 0 Å². The molecule has 0 aromatic heterocycles. The fourth-order valence-corrected chi connectivity index (χ4v) is 2.76. The second-order valence-electron chi connectivity index (χ2n) is 6.05. The second kappa shape index (κ2) is 9.35. The number of hydrogen-bond donors (Lipinski definition) is 1. The highest BCUT2D eigenvalue weighted by atomic mass is 16.2. The standard InChI is InChI=1S/C16H32N2O/c1-3-5-14(10-11-17)8-9-16(19)18(12-4-2)13-15-6-7-15/h14-15H,3-13,17H2,1-2H3. The Hall–Kier alpha value is -0.570. The van der Waals surface area contributed by atoms with Crippen LogP contribution in [0.5, 0.6) is 0 Å². The highest BCUT2D eigenvalue weighted by Gasteiger charge is 2.26. The van der Waals surface area contributed by atoms with Gasteiger partial charge in [-0.3, -0.25) is 4.79 Å².